The second kappa shape index (κ2) is 8.98. The molecule has 8 heteroatoms. The minimum absolute atomic E-state index is 0.0807. The van der Waals surface area contributed by atoms with Gasteiger partial charge in [-0.2, -0.15) is 0 Å². The molecule has 2 rings (SSSR count). The van der Waals surface area contributed by atoms with E-state index in [1.807, 2.05) is 0 Å². The SMILES string of the molecule is CC(=O)Nc1cccc(C(=O)O[C@H](C)C(=O)NC(=O)NC2CCCC2)c1. The summed E-state index contributed by atoms with van der Waals surface area (Å²) in [6, 6.07) is 5.66. The van der Waals surface area contributed by atoms with E-state index in [1.54, 1.807) is 12.1 Å². The van der Waals surface area contributed by atoms with Crippen LogP contribution in [0.3, 0.4) is 0 Å². The van der Waals surface area contributed by atoms with Crippen molar-refractivity contribution in [2.75, 3.05) is 5.32 Å². The van der Waals surface area contributed by atoms with Crippen molar-refractivity contribution in [3.63, 3.8) is 0 Å². The molecule has 1 saturated carbocycles. The summed E-state index contributed by atoms with van der Waals surface area (Å²) in [6.45, 7) is 2.74. The van der Waals surface area contributed by atoms with Gasteiger partial charge in [-0.05, 0) is 38.0 Å². The topological polar surface area (TPSA) is 114 Å². The molecule has 0 aromatic heterocycles. The lowest BCUT2D eigenvalue weighted by atomic mass is 10.2. The Balaban J connectivity index is 1.86. The number of hydrogen-bond acceptors (Lipinski definition) is 5. The highest BCUT2D eigenvalue weighted by atomic mass is 16.5. The van der Waals surface area contributed by atoms with Crippen LogP contribution in [0.5, 0.6) is 0 Å². The van der Waals surface area contributed by atoms with Gasteiger partial charge in [-0.3, -0.25) is 14.9 Å². The molecule has 0 radical (unpaired) electrons. The molecule has 0 spiro atoms. The van der Waals surface area contributed by atoms with Gasteiger partial charge in [-0.1, -0.05) is 18.9 Å². The predicted molar refractivity (Wildman–Crippen MR) is 94.6 cm³/mol. The first-order valence-electron chi connectivity index (χ1n) is 8.55. The third-order valence-electron chi connectivity index (χ3n) is 4.00. The molecule has 1 atom stereocenters. The van der Waals surface area contributed by atoms with Gasteiger partial charge in [-0.25, -0.2) is 9.59 Å². The standard InChI is InChI=1S/C18H23N3O5/c1-11(16(23)21-18(25)20-14-7-3-4-8-14)26-17(24)13-6-5-9-15(10-13)19-12(2)22/h5-6,9-11,14H,3-4,7-8H2,1-2H3,(H,19,22)(H2,20,21,23,25)/t11-/m1/s1. The molecule has 0 unspecified atom stereocenters. The van der Waals surface area contributed by atoms with E-state index in [2.05, 4.69) is 16.0 Å². The van der Waals surface area contributed by atoms with Gasteiger partial charge in [0.05, 0.1) is 5.56 Å². The van der Waals surface area contributed by atoms with Gasteiger partial charge in [0.2, 0.25) is 5.91 Å². The van der Waals surface area contributed by atoms with E-state index in [-0.39, 0.29) is 17.5 Å². The van der Waals surface area contributed by atoms with E-state index in [0.717, 1.165) is 25.7 Å². The number of carbonyl (C=O) groups excluding carboxylic acids is 4. The van der Waals surface area contributed by atoms with E-state index in [0.29, 0.717) is 5.69 Å². The second-order valence-electron chi connectivity index (χ2n) is 6.25. The van der Waals surface area contributed by atoms with Crippen molar-refractivity contribution in [1.29, 1.82) is 0 Å². The number of imide groups is 1. The first-order chi connectivity index (χ1) is 12.3. The lowest BCUT2D eigenvalue weighted by molar-refractivity contribution is -0.127. The van der Waals surface area contributed by atoms with Crippen molar-refractivity contribution >= 4 is 29.5 Å². The molecule has 0 bridgehead atoms. The Bertz CT molecular complexity index is 698. The van der Waals surface area contributed by atoms with Crippen LogP contribution in [0.25, 0.3) is 0 Å². The summed E-state index contributed by atoms with van der Waals surface area (Å²) in [5.74, 6) is -1.69. The predicted octanol–water partition coefficient (Wildman–Crippen LogP) is 1.96. The first-order valence-corrected chi connectivity index (χ1v) is 8.55. The van der Waals surface area contributed by atoms with Gasteiger partial charge in [0.1, 0.15) is 0 Å². The summed E-state index contributed by atoms with van der Waals surface area (Å²) in [7, 11) is 0. The summed E-state index contributed by atoms with van der Waals surface area (Å²) >= 11 is 0. The Morgan fingerprint density at radius 1 is 1.15 bits per heavy atom. The number of ether oxygens (including phenoxy) is 1. The largest absolute Gasteiger partial charge is 0.449 e. The van der Waals surface area contributed by atoms with Gasteiger partial charge in [0.15, 0.2) is 6.10 Å². The smallest absolute Gasteiger partial charge is 0.338 e. The lowest BCUT2D eigenvalue weighted by Crippen LogP contribution is -2.47. The highest BCUT2D eigenvalue weighted by Crippen LogP contribution is 2.17. The molecule has 0 aliphatic heterocycles. The van der Waals surface area contributed by atoms with Crippen molar-refractivity contribution in [2.45, 2.75) is 51.7 Å². The number of benzene rings is 1. The van der Waals surface area contributed by atoms with Gasteiger partial charge < -0.3 is 15.4 Å². The number of rotatable bonds is 5. The molecule has 8 nitrogen and oxygen atoms in total. The Kier molecular flexibility index (Phi) is 6.71. The highest BCUT2D eigenvalue weighted by Gasteiger charge is 2.23. The number of anilines is 1. The fourth-order valence-corrected chi connectivity index (χ4v) is 2.71. The van der Waals surface area contributed by atoms with Crippen LogP contribution in [0.15, 0.2) is 24.3 Å². The van der Waals surface area contributed by atoms with Crippen LogP contribution in [0.2, 0.25) is 0 Å². The number of hydrogen-bond donors (Lipinski definition) is 3. The molecule has 4 amide bonds. The molecule has 3 N–H and O–H groups in total. The van der Waals surface area contributed by atoms with E-state index >= 15 is 0 Å². The zero-order valence-electron chi connectivity index (χ0n) is 14.8. The maximum atomic E-state index is 12.1. The summed E-state index contributed by atoms with van der Waals surface area (Å²) in [5, 5.41) is 7.46. The number of carbonyl (C=O) groups is 4. The number of amides is 4. The molecule has 1 fully saturated rings. The quantitative estimate of drug-likeness (QED) is 0.694. The van der Waals surface area contributed by atoms with Crippen molar-refractivity contribution < 1.29 is 23.9 Å². The van der Waals surface area contributed by atoms with E-state index in [9.17, 15) is 19.2 Å². The van der Waals surface area contributed by atoms with Crippen LogP contribution in [0, 0.1) is 0 Å². The molecule has 0 saturated heterocycles. The molecule has 1 aromatic rings. The average molecular weight is 361 g/mol. The molecule has 1 aliphatic carbocycles. The number of urea groups is 1. The van der Waals surface area contributed by atoms with Gasteiger partial charge in [0, 0.05) is 18.7 Å². The van der Waals surface area contributed by atoms with Crippen LogP contribution in [0.4, 0.5) is 10.5 Å². The fourth-order valence-electron chi connectivity index (χ4n) is 2.71. The van der Waals surface area contributed by atoms with Crippen molar-refractivity contribution in [3.05, 3.63) is 29.8 Å². The van der Waals surface area contributed by atoms with E-state index < -0.39 is 24.0 Å². The molecule has 26 heavy (non-hydrogen) atoms. The van der Waals surface area contributed by atoms with Gasteiger partial charge in [-0.15, -0.1) is 0 Å². The zero-order chi connectivity index (χ0) is 19.1. The van der Waals surface area contributed by atoms with E-state index in [1.165, 1.54) is 26.0 Å². The molecule has 1 aliphatic rings. The third kappa shape index (κ3) is 5.87. The molecular weight excluding hydrogens is 338 g/mol. The lowest BCUT2D eigenvalue weighted by Gasteiger charge is -2.15. The maximum absolute atomic E-state index is 12.1. The van der Waals surface area contributed by atoms with Gasteiger partial charge in [0.25, 0.3) is 5.91 Å². The Morgan fingerprint density at radius 3 is 2.50 bits per heavy atom. The normalized spacial score (nSPS) is 15.0. The van der Waals surface area contributed by atoms with Crippen LogP contribution in [0.1, 0.15) is 49.9 Å². The van der Waals surface area contributed by atoms with Crippen LogP contribution in [-0.2, 0) is 14.3 Å². The molecule has 1 aromatic carbocycles. The minimum atomic E-state index is -1.14. The van der Waals surface area contributed by atoms with Crippen molar-refractivity contribution in [1.82, 2.24) is 10.6 Å². The van der Waals surface area contributed by atoms with Crippen molar-refractivity contribution in [3.8, 4) is 0 Å². The maximum Gasteiger partial charge on any atom is 0.338 e. The fraction of sp³-hybridized carbons (Fsp3) is 0.444. The summed E-state index contributed by atoms with van der Waals surface area (Å²) < 4.78 is 5.09. The summed E-state index contributed by atoms with van der Waals surface area (Å²) in [5.41, 5.74) is 0.631. The number of esters is 1. The van der Waals surface area contributed by atoms with Crippen molar-refractivity contribution in [2.24, 2.45) is 0 Å². The van der Waals surface area contributed by atoms with Crippen LogP contribution < -0.4 is 16.0 Å². The average Bonchev–Trinajstić information content (AvgIpc) is 3.07. The summed E-state index contributed by atoms with van der Waals surface area (Å²) in [4.78, 5) is 47.0. The first kappa shape index (κ1) is 19.4. The Morgan fingerprint density at radius 2 is 1.85 bits per heavy atom. The Hall–Kier alpha value is -2.90. The van der Waals surface area contributed by atoms with Gasteiger partial charge >= 0.3 is 12.0 Å². The Labute approximate surface area is 151 Å². The number of nitrogens with one attached hydrogen (secondary N) is 3. The van der Waals surface area contributed by atoms with Crippen LogP contribution >= 0.6 is 0 Å². The summed E-state index contributed by atoms with van der Waals surface area (Å²) in [6.07, 6.45) is 2.78. The highest BCUT2D eigenvalue weighted by molar-refractivity contribution is 5.99. The molecular formula is C18H23N3O5. The zero-order valence-corrected chi connectivity index (χ0v) is 14.8. The third-order valence-corrected chi connectivity index (χ3v) is 4.00. The second-order valence-corrected chi connectivity index (χ2v) is 6.25. The monoisotopic (exact) mass is 361 g/mol. The minimum Gasteiger partial charge on any atom is -0.449 e. The molecule has 140 valence electrons. The van der Waals surface area contributed by atoms with Crippen LogP contribution in [-0.4, -0.2) is 36.0 Å². The van der Waals surface area contributed by atoms with E-state index in [4.69, 9.17) is 4.74 Å². The molecule has 0 heterocycles.